The standard InChI is InChI=1S/C21H42O3.C20H40O3/c1-3-4-17-20(22)18-15-13-11-9-7-5-6-8-10-12-14-16-19-21(23)24-2;1-2-3-16-19(21)17-14-12-10-8-6-4-5-7-9-11-13-15-18-20(22)23/h20,22H,3-19H2,1-2H3;19,21H,2-18H2,1H3,(H,22,23). The van der Waals surface area contributed by atoms with Gasteiger partial charge < -0.3 is 20.1 Å². The summed E-state index contributed by atoms with van der Waals surface area (Å²) < 4.78 is 4.63. The van der Waals surface area contributed by atoms with Gasteiger partial charge in [-0.15, -0.1) is 0 Å². The van der Waals surface area contributed by atoms with Gasteiger partial charge in [-0.1, -0.05) is 181 Å². The third kappa shape index (κ3) is 44.9. The molecule has 0 aliphatic heterocycles. The zero-order chi connectivity index (χ0) is 35.1. The number of carboxylic acid groups (broad SMARTS) is 1. The first-order chi connectivity index (χ1) is 22.9. The van der Waals surface area contributed by atoms with Crippen LogP contribution >= 0.6 is 0 Å². The Kier molecular flexibility index (Phi) is 41.9. The molecule has 2 atom stereocenters. The summed E-state index contributed by atoms with van der Waals surface area (Å²) in [6.07, 6.45) is 39.4. The molecule has 0 amide bonds. The maximum Gasteiger partial charge on any atom is 0.305 e. The largest absolute Gasteiger partial charge is 0.481 e. The van der Waals surface area contributed by atoms with Crippen molar-refractivity contribution in [2.45, 2.75) is 244 Å². The zero-order valence-electron chi connectivity index (χ0n) is 31.8. The van der Waals surface area contributed by atoms with Gasteiger partial charge in [0, 0.05) is 12.8 Å². The van der Waals surface area contributed by atoms with Crippen molar-refractivity contribution in [3.63, 3.8) is 0 Å². The van der Waals surface area contributed by atoms with Crippen LogP contribution in [-0.2, 0) is 14.3 Å². The third-order valence-electron chi connectivity index (χ3n) is 9.36. The van der Waals surface area contributed by atoms with Gasteiger partial charge in [0.25, 0.3) is 0 Å². The minimum absolute atomic E-state index is 0.0578. The molecule has 0 heterocycles. The van der Waals surface area contributed by atoms with Crippen molar-refractivity contribution < 1.29 is 29.6 Å². The van der Waals surface area contributed by atoms with Gasteiger partial charge in [-0.3, -0.25) is 9.59 Å². The maximum atomic E-state index is 11.0. The Balaban J connectivity index is 0. The fourth-order valence-corrected chi connectivity index (χ4v) is 6.11. The maximum absolute atomic E-state index is 11.0. The van der Waals surface area contributed by atoms with Crippen LogP contribution in [0.1, 0.15) is 232 Å². The molecule has 0 saturated carbocycles. The van der Waals surface area contributed by atoms with Crippen molar-refractivity contribution in [1.29, 1.82) is 0 Å². The van der Waals surface area contributed by atoms with Gasteiger partial charge in [-0.2, -0.15) is 0 Å². The van der Waals surface area contributed by atoms with E-state index in [9.17, 15) is 19.8 Å². The highest BCUT2D eigenvalue weighted by atomic mass is 16.5. The van der Waals surface area contributed by atoms with Crippen LogP contribution in [0, 0.1) is 0 Å². The van der Waals surface area contributed by atoms with Gasteiger partial charge in [-0.05, 0) is 38.5 Å². The first-order valence-corrected chi connectivity index (χ1v) is 20.5. The topological polar surface area (TPSA) is 104 Å². The van der Waals surface area contributed by atoms with E-state index in [1.54, 1.807) is 0 Å². The molecule has 282 valence electrons. The van der Waals surface area contributed by atoms with E-state index in [2.05, 4.69) is 18.6 Å². The van der Waals surface area contributed by atoms with Crippen LogP contribution in [0.3, 0.4) is 0 Å². The molecule has 0 aromatic rings. The smallest absolute Gasteiger partial charge is 0.305 e. The average molecular weight is 671 g/mol. The van der Waals surface area contributed by atoms with Gasteiger partial charge in [0.15, 0.2) is 0 Å². The molecule has 0 spiro atoms. The molecule has 2 unspecified atom stereocenters. The number of carboxylic acids is 1. The molecule has 0 aromatic carbocycles. The van der Waals surface area contributed by atoms with E-state index < -0.39 is 5.97 Å². The van der Waals surface area contributed by atoms with Gasteiger partial charge in [0.2, 0.25) is 0 Å². The van der Waals surface area contributed by atoms with Crippen LogP contribution in [-0.4, -0.2) is 46.6 Å². The van der Waals surface area contributed by atoms with Crippen LogP contribution in [0.25, 0.3) is 0 Å². The average Bonchev–Trinajstić information content (AvgIpc) is 3.06. The summed E-state index contributed by atoms with van der Waals surface area (Å²) >= 11 is 0. The van der Waals surface area contributed by atoms with Crippen LogP contribution in [0.15, 0.2) is 0 Å². The number of carbonyl (C=O) groups excluding carboxylic acids is 1. The van der Waals surface area contributed by atoms with E-state index in [0.29, 0.717) is 12.8 Å². The van der Waals surface area contributed by atoms with Crippen molar-refractivity contribution in [2.75, 3.05) is 7.11 Å². The Morgan fingerprint density at radius 3 is 0.957 bits per heavy atom. The van der Waals surface area contributed by atoms with Crippen LogP contribution < -0.4 is 0 Å². The SMILES string of the molecule is CCCCC(O)CCCCCCCCCCCCCCC(=O)O.CCCCC(O)CCCCCCCCCCCCCCC(=O)OC. The predicted octanol–water partition coefficient (Wildman–Crippen LogP) is 12.3. The fraction of sp³-hybridized carbons (Fsp3) is 0.951. The van der Waals surface area contributed by atoms with Gasteiger partial charge >= 0.3 is 11.9 Å². The first-order valence-electron chi connectivity index (χ1n) is 20.5. The Morgan fingerprint density at radius 1 is 0.426 bits per heavy atom. The second kappa shape index (κ2) is 41.0. The highest BCUT2D eigenvalue weighted by Crippen LogP contribution is 2.16. The molecule has 3 N–H and O–H groups in total. The number of carbonyl (C=O) groups is 2. The molecular weight excluding hydrogens is 588 g/mol. The number of ether oxygens (including phenoxy) is 1. The van der Waals surface area contributed by atoms with Crippen molar-refractivity contribution in [2.24, 2.45) is 0 Å². The van der Waals surface area contributed by atoms with E-state index in [0.717, 1.165) is 64.2 Å². The quantitative estimate of drug-likeness (QED) is 0.0452. The predicted molar refractivity (Wildman–Crippen MR) is 200 cm³/mol. The van der Waals surface area contributed by atoms with Gasteiger partial charge in [-0.25, -0.2) is 0 Å². The molecule has 6 nitrogen and oxygen atoms in total. The summed E-state index contributed by atoms with van der Waals surface area (Å²) in [4.78, 5) is 21.3. The van der Waals surface area contributed by atoms with Gasteiger partial charge in [0.1, 0.15) is 0 Å². The van der Waals surface area contributed by atoms with Crippen molar-refractivity contribution in [3.05, 3.63) is 0 Å². The summed E-state index contributed by atoms with van der Waals surface area (Å²) in [7, 11) is 1.46. The number of unbranched alkanes of at least 4 members (excludes halogenated alkanes) is 24. The monoisotopic (exact) mass is 671 g/mol. The summed E-state index contributed by atoms with van der Waals surface area (Å²) in [6.45, 7) is 4.35. The highest BCUT2D eigenvalue weighted by molar-refractivity contribution is 5.69. The lowest BCUT2D eigenvalue weighted by Crippen LogP contribution is -2.05. The van der Waals surface area contributed by atoms with Crippen molar-refractivity contribution in [1.82, 2.24) is 0 Å². The lowest BCUT2D eigenvalue weighted by Gasteiger charge is -2.09. The summed E-state index contributed by atoms with van der Waals surface area (Å²) in [5.74, 6) is -0.745. The number of aliphatic hydroxyl groups is 2. The summed E-state index contributed by atoms with van der Waals surface area (Å²) in [5, 5.41) is 28.1. The number of esters is 1. The Hall–Kier alpha value is -1.14. The molecule has 6 heteroatoms. The fourth-order valence-electron chi connectivity index (χ4n) is 6.11. The second-order valence-corrected chi connectivity index (χ2v) is 14.1. The van der Waals surface area contributed by atoms with Crippen LogP contribution in [0.4, 0.5) is 0 Å². The lowest BCUT2D eigenvalue weighted by molar-refractivity contribution is -0.141. The highest BCUT2D eigenvalue weighted by Gasteiger charge is 2.04. The van der Waals surface area contributed by atoms with Crippen molar-refractivity contribution >= 4 is 11.9 Å². The van der Waals surface area contributed by atoms with Crippen LogP contribution in [0.2, 0.25) is 0 Å². The summed E-state index contributed by atoms with van der Waals surface area (Å²) in [5.41, 5.74) is 0. The zero-order valence-corrected chi connectivity index (χ0v) is 31.8. The molecule has 0 aliphatic carbocycles. The third-order valence-corrected chi connectivity index (χ3v) is 9.36. The number of hydrogen-bond acceptors (Lipinski definition) is 5. The molecule has 0 fully saturated rings. The molecule has 0 aromatic heterocycles. The number of rotatable bonds is 36. The van der Waals surface area contributed by atoms with E-state index >= 15 is 0 Å². The molecule has 0 rings (SSSR count). The molecule has 0 aliphatic rings. The molecule has 0 radical (unpaired) electrons. The van der Waals surface area contributed by atoms with E-state index in [4.69, 9.17) is 5.11 Å². The molecular formula is C41H82O6. The number of aliphatic hydroxyl groups excluding tert-OH is 2. The normalized spacial score (nSPS) is 12.4. The molecule has 47 heavy (non-hydrogen) atoms. The van der Waals surface area contributed by atoms with E-state index in [1.807, 2.05) is 0 Å². The number of hydrogen-bond donors (Lipinski definition) is 3. The molecule has 0 bridgehead atoms. The minimum Gasteiger partial charge on any atom is -0.481 e. The van der Waals surface area contributed by atoms with Gasteiger partial charge in [0.05, 0.1) is 19.3 Å². The lowest BCUT2D eigenvalue weighted by atomic mass is 10.0. The Bertz CT molecular complexity index is 625. The van der Waals surface area contributed by atoms with Crippen molar-refractivity contribution in [3.8, 4) is 0 Å². The molecule has 0 saturated heterocycles. The van der Waals surface area contributed by atoms with E-state index in [-0.39, 0.29) is 18.2 Å². The summed E-state index contributed by atoms with van der Waals surface area (Å²) in [6, 6.07) is 0. The number of aliphatic carboxylic acids is 1. The Labute approximate surface area is 292 Å². The second-order valence-electron chi connectivity index (χ2n) is 14.1. The number of methoxy groups -OCH3 is 1. The van der Waals surface area contributed by atoms with Crippen LogP contribution in [0.5, 0.6) is 0 Å². The minimum atomic E-state index is -0.666. The van der Waals surface area contributed by atoms with E-state index in [1.165, 1.54) is 148 Å². The Morgan fingerprint density at radius 2 is 0.681 bits per heavy atom. The first kappa shape index (κ1) is 48.0.